The van der Waals surface area contributed by atoms with Gasteiger partial charge in [-0.3, -0.25) is 4.79 Å². The van der Waals surface area contributed by atoms with Crippen molar-refractivity contribution in [3.63, 3.8) is 0 Å². The van der Waals surface area contributed by atoms with E-state index in [1.807, 2.05) is 30.3 Å². The number of rotatable bonds is 4. The minimum Gasteiger partial charge on any atom is -0.400 e. The Morgan fingerprint density at radius 3 is 2.39 bits per heavy atom. The molecule has 0 aromatic heterocycles. The molecule has 1 unspecified atom stereocenters. The molecule has 1 amide bonds. The lowest BCUT2D eigenvalue weighted by Crippen LogP contribution is -2.40. The van der Waals surface area contributed by atoms with Crippen LogP contribution in [-0.2, 0) is 4.79 Å². The lowest BCUT2D eigenvalue weighted by Gasteiger charge is -2.24. The number of nitrogens with one attached hydrogen (secondary N) is 1. The van der Waals surface area contributed by atoms with E-state index >= 15 is 0 Å². The standard InChI is InChI=1S/C12H16N2O2.CH4O/c13-8-10(15)14-11(12(16)6-7-12)9-4-2-1-3-5-9;1-2/h1-5,11,16H,6-8,13H2,(H,14,15);2H,1H3. The minimum absolute atomic E-state index is 0.0561. The third-order valence-corrected chi connectivity index (χ3v) is 2.92. The molecule has 1 aromatic rings. The van der Waals surface area contributed by atoms with E-state index in [0.29, 0.717) is 0 Å². The Balaban J connectivity index is 0.000000771. The van der Waals surface area contributed by atoms with Crippen molar-refractivity contribution in [3.8, 4) is 0 Å². The van der Waals surface area contributed by atoms with Crippen molar-refractivity contribution in [2.45, 2.75) is 24.5 Å². The summed E-state index contributed by atoms with van der Waals surface area (Å²) in [5.41, 5.74) is 5.40. The molecule has 100 valence electrons. The molecule has 0 aliphatic heterocycles. The Hall–Kier alpha value is -1.43. The van der Waals surface area contributed by atoms with E-state index < -0.39 is 5.60 Å². The van der Waals surface area contributed by atoms with Crippen LogP contribution in [0.15, 0.2) is 30.3 Å². The van der Waals surface area contributed by atoms with Gasteiger partial charge in [0, 0.05) is 7.11 Å². The fourth-order valence-electron chi connectivity index (χ4n) is 1.81. The van der Waals surface area contributed by atoms with Crippen LogP contribution in [0.5, 0.6) is 0 Å². The average Bonchev–Trinajstić information content (AvgIpc) is 3.18. The van der Waals surface area contributed by atoms with Crippen LogP contribution in [0.2, 0.25) is 0 Å². The molecular formula is C13H20N2O3. The lowest BCUT2D eigenvalue weighted by atomic mass is 9.99. The topological polar surface area (TPSA) is 95.6 Å². The summed E-state index contributed by atoms with van der Waals surface area (Å²) in [6, 6.07) is 9.15. The number of hydrogen-bond donors (Lipinski definition) is 4. The van der Waals surface area contributed by atoms with Gasteiger partial charge in [-0.25, -0.2) is 0 Å². The Morgan fingerprint density at radius 2 is 1.94 bits per heavy atom. The fourth-order valence-corrected chi connectivity index (χ4v) is 1.81. The van der Waals surface area contributed by atoms with Gasteiger partial charge in [0.1, 0.15) is 0 Å². The molecule has 1 saturated carbocycles. The number of aliphatic hydroxyl groups is 2. The molecule has 1 aromatic carbocycles. The Bertz CT molecular complexity index is 377. The summed E-state index contributed by atoms with van der Waals surface area (Å²) >= 11 is 0. The largest absolute Gasteiger partial charge is 0.400 e. The van der Waals surface area contributed by atoms with Crippen LogP contribution in [0.3, 0.4) is 0 Å². The van der Waals surface area contributed by atoms with Crippen LogP contribution < -0.4 is 11.1 Å². The summed E-state index contributed by atoms with van der Waals surface area (Å²) < 4.78 is 0. The highest BCUT2D eigenvalue weighted by atomic mass is 16.3. The molecule has 1 fully saturated rings. The maximum absolute atomic E-state index is 11.3. The molecule has 5 N–H and O–H groups in total. The van der Waals surface area contributed by atoms with Crippen molar-refractivity contribution < 1.29 is 15.0 Å². The third-order valence-electron chi connectivity index (χ3n) is 2.92. The molecule has 5 nitrogen and oxygen atoms in total. The second-order valence-corrected chi connectivity index (χ2v) is 4.22. The van der Waals surface area contributed by atoms with Crippen LogP contribution in [-0.4, -0.2) is 35.4 Å². The number of benzene rings is 1. The molecule has 0 saturated heterocycles. The van der Waals surface area contributed by atoms with Gasteiger partial charge in [-0.2, -0.15) is 0 Å². The van der Waals surface area contributed by atoms with Crippen molar-refractivity contribution >= 4 is 5.91 Å². The van der Waals surface area contributed by atoms with Crippen molar-refractivity contribution in [1.82, 2.24) is 5.32 Å². The summed E-state index contributed by atoms with van der Waals surface area (Å²) in [5, 5.41) is 19.9. The van der Waals surface area contributed by atoms with E-state index in [4.69, 9.17) is 10.8 Å². The second kappa shape index (κ2) is 6.49. The Morgan fingerprint density at radius 1 is 1.39 bits per heavy atom. The predicted octanol–water partition coefficient (Wildman–Crippen LogP) is -0.0640. The SMILES string of the molecule is CO.NCC(=O)NC(c1ccccc1)C1(O)CC1. The van der Waals surface area contributed by atoms with Crippen molar-refractivity contribution in [2.75, 3.05) is 13.7 Å². The van der Waals surface area contributed by atoms with Crippen LogP contribution in [0.25, 0.3) is 0 Å². The van der Waals surface area contributed by atoms with Gasteiger partial charge in [-0.1, -0.05) is 30.3 Å². The number of nitrogens with two attached hydrogens (primary N) is 1. The van der Waals surface area contributed by atoms with Crippen molar-refractivity contribution in [2.24, 2.45) is 5.73 Å². The molecule has 0 bridgehead atoms. The van der Waals surface area contributed by atoms with Gasteiger partial charge in [-0.05, 0) is 18.4 Å². The number of carbonyl (C=O) groups excluding carboxylic acids is 1. The van der Waals surface area contributed by atoms with E-state index in [2.05, 4.69) is 5.32 Å². The molecule has 0 heterocycles. The Kier molecular flexibility index (Phi) is 5.27. The lowest BCUT2D eigenvalue weighted by molar-refractivity contribution is -0.121. The first kappa shape index (κ1) is 14.6. The van der Waals surface area contributed by atoms with Crippen LogP contribution >= 0.6 is 0 Å². The monoisotopic (exact) mass is 252 g/mol. The van der Waals surface area contributed by atoms with E-state index in [0.717, 1.165) is 25.5 Å². The molecule has 0 spiro atoms. The van der Waals surface area contributed by atoms with Crippen LogP contribution in [0, 0.1) is 0 Å². The van der Waals surface area contributed by atoms with Crippen LogP contribution in [0.4, 0.5) is 0 Å². The van der Waals surface area contributed by atoms with Gasteiger partial charge in [0.2, 0.25) is 5.91 Å². The van der Waals surface area contributed by atoms with Crippen LogP contribution in [0.1, 0.15) is 24.4 Å². The van der Waals surface area contributed by atoms with E-state index in [-0.39, 0.29) is 18.5 Å². The number of aliphatic hydroxyl groups excluding tert-OH is 1. The zero-order valence-corrected chi connectivity index (χ0v) is 10.5. The maximum Gasteiger partial charge on any atom is 0.234 e. The molecule has 1 aliphatic carbocycles. The molecule has 18 heavy (non-hydrogen) atoms. The molecular weight excluding hydrogens is 232 g/mol. The second-order valence-electron chi connectivity index (χ2n) is 4.22. The van der Waals surface area contributed by atoms with Gasteiger partial charge in [0.25, 0.3) is 0 Å². The quantitative estimate of drug-likeness (QED) is 0.603. The zero-order chi connectivity index (χ0) is 13.6. The van der Waals surface area contributed by atoms with Gasteiger partial charge < -0.3 is 21.3 Å². The smallest absolute Gasteiger partial charge is 0.234 e. The molecule has 0 radical (unpaired) electrons. The maximum atomic E-state index is 11.3. The highest BCUT2D eigenvalue weighted by molar-refractivity contribution is 5.78. The third kappa shape index (κ3) is 3.53. The van der Waals surface area contributed by atoms with E-state index in [1.54, 1.807) is 0 Å². The summed E-state index contributed by atoms with van der Waals surface area (Å²) in [6.07, 6.45) is 1.44. The first-order chi connectivity index (χ1) is 8.65. The van der Waals surface area contributed by atoms with Gasteiger partial charge in [0.15, 0.2) is 0 Å². The highest BCUT2D eigenvalue weighted by Gasteiger charge is 2.48. The number of amides is 1. The summed E-state index contributed by atoms with van der Waals surface area (Å²) in [4.78, 5) is 11.3. The first-order valence-corrected chi connectivity index (χ1v) is 5.87. The van der Waals surface area contributed by atoms with E-state index in [1.165, 1.54) is 0 Å². The highest BCUT2D eigenvalue weighted by Crippen LogP contribution is 2.45. The molecule has 1 aliphatic rings. The number of hydrogen-bond acceptors (Lipinski definition) is 4. The fraction of sp³-hybridized carbons (Fsp3) is 0.462. The Labute approximate surface area is 107 Å². The van der Waals surface area contributed by atoms with Gasteiger partial charge in [0.05, 0.1) is 18.2 Å². The number of carbonyl (C=O) groups is 1. The molecule has 5 heteroatoms. The van der Waals surface area contributed by atoms with Crippen molar-refractivity contribution in [1.29, 1.82) is 0 Å². The van der Waals surface area contributed by atoms with Gasteiger partial charge in [-0.15, -0.1) is 0 Å². The van der Waals surface area contributed by atoms with Gasteiger partial charge >= 0.3 is 0 Å². The normalized spacial score (nSPS) is 17.1. The van der Waals surface area contributed by atoms with E-state index in [9.17, 15) is 9.90 Å². The molecule has 1 atom stereocenters. The summed E-state index contributed by atoms with van der Waals surface area (Å²) in [6.45, 7) is -0.0561. The van der Waals surface area contributed by atoms with Crippen molar-refractivity contribution in [3.05, 3.63) is 35.9 Å². The summed E-state index contributed by atoms with van der Waals surface area (Å²) in [7, 11) is 1.00. The molecule has 2 rings (SSSR count). The average molecular weight is 252 g/mol. The predicted molar refractivity (Wildman–Crippen MR) is 68.7 cm³/mol. The minimum atomic E-state index is -0.786. The summed E-state index contributed by atoms with van der Waals surface area (Å²) in [5.74, 6) is -0.242. The zero-order valence-electron chi connectivity index (χ0n) is 10.5. The first-order valence-electron chi connectivity index (χ1n) is 5.87.